The fourth-order valence-electron chi connectivity index (χ4n) is 7.09. The van der Waals surface area contributed by atoms with Crippen molar-refractivity contribution in [1.82, 2.24) is 0 Å². The average molecular weight is 474 g/mol. The highest BCUT2D eigenvalue weighted by Gasteiger charge is 2.69. The molecule has 0 aromatic carbocycles. The molecule has 4 aliphatic rings. The first-order chi connectivity index (χ1) is 12.2. The van der Waals surface area contributed by atoms with Crippen LogP contribution in [0.5, 0.6) is 0 Å². The average Bonchev–Trinajstić information content (AvgIpc) is 2.86. The zero-order valence-corrected chi connectivity index (χ0v) is 17.5. The molecule has 0 radical (unpaired) electrons. The van der Waals surface area contributed by atoms with Crippen LogP contribution in [-0.4, -0.2) is 33.7 Å². The van der Waals surface area contributed by atoms with Crippen molar-refractivity contribution in [3.63, 3.8) is 0 Å². The molecule has 4 rings (SSSR count). The molecule has 0 aromatic rings. The topological polar surface area (TPSA) is 83.8 Å². The van der Waals surface area contributed by atoms with Crippen LogP contribution in [0, 0.1) is 28.6 Å². The van der Waals surface area contributed by atoms with E-state index >= 15 is 0 Å². The third-order valence-electron chi connectivity index (χ3n) is 8.46. The van der Waals surface area contributed by atoms with E-state index in [0.29, 0.717) is 19.3 Å². The lowest BCUT2D eigenvalue weighted by molar-refractivity contribution is -0.190. The summed E-state index contributed by atoms with van der Waals surface area (Å²) < 4.78 is 4.89. The zero-order valence-electron chi connectivity index (χ0n) is 15.3. The standard InChI is InChI=1S/C20H27IO5/c1-18-7-5-12(22)9-11(18)3-4-13-14-6-8-20(25,17(24)26-21)19(14,2)10-15(23)16(13)18/h9,13-16,23,25H,3-8,10H2,1-2H3/t13?,14?,15-,16?,18-,19-,20-/m0/s1. The van der Waals surface area contributed by atoms with Gasteiger partial charge in [0.15, 0.2) is 34.4 Å². The van der Waals surface area contributed by atoms with Crippen molar-refractivity contribution in [1.29, 1.82) is 0 Å². The number of aliphatic hydroxyl groups excluding tert-OH is 1. The van der Waals surface area contributed by atoms with Crippen LogP contribution < -0.4 is 0 Å². The van der Waals surface area contributed by atoms with E-state index in [1.54, 1.807) is 23.0 Å². The maximum absolute atomic E-state index is 12.4. The largest absolute Gasteiger partial charge is 0.393 e. The molecule has 0 heterocycles. The molecule has 3 fully saturated rings. The Labute approximate surface area is 168 Å². The number of allylic oxidation sites excluding steroid dienone is 1. The molecule has 6 heteroatoms. The summed E-state index contributed by atoms with van der Waals surface area (Å²) in [6, 6.07) is 0. The maximum Gasteiger partial charge on any atom is 0.348 e. The monoisotopic (exact) mass is 474 g/mol. The smallest absolute Gasteiger partial charge is 0.348 e. The Kier molecular flexibility index (Phi) is 4.36. The van der Waals surface area contributed by atoms with Crippen LogP contribution in [0.3, 0.4) is 0 Å². The minimum atomic E-state index is -1.52. The van der Waals surface area contributed by atoms with Crippen LogP contribution in [0.1, 0.15) is 58.8 Å². The normalized spacial score (nSPS) is 50.3. The number of rotatable bonds is 1. The zero-order chi connectivity index (χ0) is 18.9. The van der Waals surface area contributed by atoms with Gasteiger partial charge >= 0.3 is 5.97 Å². The molecule has 26 heavy (non-hydrogen) atoms. The molecular formula is C20H27IO5. The van der Waals surface area contributed by atoms with Gasteiger partial charge in [-0.15, -0.1) is 0 Å². The summed E-state index contributed by atoms with van der Waals surface area (Å²) in [7, 11) is 0. The van der Waals surface area contributed by atoms with Crippen LogP contribution in [0.25, 0.3) is 0 Å². The quantitative estimate of drug-likeness (QED) is 0.571. The van der Waals surface area contributed by atoms with Gasteiger partial charge in [-0.25, -0.2) is 4.79 Å². The molecule has 3 saturated carbocycles. The molecule has 5 nitrogen and oxygen atoms in total. The molecule has 0 spiro atoms. The lowest BCUT2D eigenvalue weighted by atomic mass is 9.45. The molecule has 3 unspecified atom stereocenters. The third-order valence-corrected chi connectivity index (χ3v) is 8.86. The first-order valence-electron chi connectivity index (χ1n) is 9.65. The lowest BCUT2D eigenvalue weighted by Crippen LogP contribution is -2.61. The first-order valence-corrected chi connectivity index (χ1v) is 10.5. The van der Waals surface area contributed by atoms with Gasteiger partial charge in [0, 0.05) is 11.8 Å². The maximum atomic E-state index is 12.4. The summed E-state index contributed by atoms with van der Waals surface area (Å²) in [5.74, 6) is 0.153. The van der Waals surface area contributed by atoms with Gasteiger partial charge in [-0.1, -0.05) is 19.4 Å². The summed E-state index contributed by atoms with van der Waals surface area (Å²) in [4.78, 5) is 24.3. The van der Waals surface area contributed by atoms with E-state index < -0.39 is 23.1 Å². The lowest BCUT2D eigenvalue weighted by Gasteiger charge is -2.60. The SMILES string of the molecule is C[C@]12CCC(=O)C=C1CCC1C2[C@@H](O)C[C@@]2(C)C1CC[C@]2(O)C(=O)OI. The molecule has 7 atom stereocenters. The molecule has 0 saturated heterocycles. The summed E-state index contributed by atoms with van der Waals surface area (Å²) in [6.07, 6.45) is 5.92. The Morgan fingerprint density at radius 1 is 1.27 bits per heavy atom. The molecule has 4 aliphatic carbocycles. The Morgan fingerprint density at radius 2 is 2.00 bits per heavy atom. The van der Waals surface area contributed by atoms with Gasteiger partial charge in [-0.05, 0) is 67.8 Å². The number of carbonyl (C=O) groups excluding carboxylic acids is 2. The van der Waals surface area contributed by atoms with E-state index in [9.17, 15) is 19.8 Å². The molecule has 144 valence electrons. The van der Waals surface area contributed by atoms with Crippen molar-refractivity contribution in [2.75, 3.05) is 0 Å². The predicted molar refractivity (Wildman–Crippen MR) is 103 cm³/mol. The number of hydrogen-bond donors (Lipinski definition) is 2. The molecule has 0 aliphatic heterocycles. The van der Waals surface area contributed by atoms with Gasteiger partial charge in [-0.3, -0.25) is 4.79 Å². The van der Waals surface area contributed by atoms with E-state index in [1.807, 2.05) is 13.0 Å². The van der Waals surface area contributed by atoms with Gasteiger partial charge in [0.05, 0.1) is 6.10 Å². The minimum absolute atomic E-state index is 0.0895. The predicted octanol–water partition coefficient (Wildman–Crippen LogP) is 3.11. The van der Waals surface area contributed by atoms with Crippen LogP contribution in [0.2, 0.25) is 0 Å². The number of carbonyl (C=O) groups is 2. The van der Waals surface area contributed by atoms with Crippen LogP contribution in [-0.2, 0) is 12.7 Å². The molecule has 0 amide bonds. The van der Waals surface area contributed by atoms with Crippen molar-refractivity contribution in [2.45, 2.75) is 70.5 Å². The number of hydrogen-bond acceptors (Lipinski definition) is 5. The highest BCUT2D eigenvalue weighted by Crippen LogP contribution is 2.67. The number of ketones is 1. The Bertz CT molecular complexity index is 690. The first kappa shape index (κ1) is 18.9. The fraction of sp³-hybridized carbons (Fsp3) is 0.800. The summed E-state index contributed by atoms with van der Waals surface area (Å²) >= 11 is 1.54. The number of fused-ring (bicyclic) bond motifs is 5. The second-order valence-corrected chi connectivity index (χ2v) is 9.78. The molecule has 2 N–H and O–H groups in total. The van der Waals surface area contributed by atoms with E-state index in [0.717, 1.165) is 25.7 Å². The van der Waals surface area contributed by atoms with Crippen molar-refractivity contribution in [3.8, 4) is 0 Å². The minimum Gasteiger partial charge on any atom is -0.393 e. The van der Waals surface area contributed by atoms with Gasteiger partial charge < -0.3 is 13.3 Å². The highest BCUT2D eigenvalue weighted by molar-refractivity contribution is 14.1. The second-order valence-electron chi connectivity index (χ2n) is 9.34. The second kappa shape index (κ2) is 6.01. The molecule has 0 bridgehead atoms. The van der Waals surface area contributed by atoms with Crippen molar-refractivity contribution >= 4 is 34.8 Å². The van der Waals surface area contributed by atoms with Gasteiger partial charge in [0.1, 0.15) is 0 Å². The Hall–Kier alpha value is -0.470. The molecule has 0 aromatic heterocycles. The van der Waals surface area contributed by atoms with Crippen LogP contribution in [0.4, 0.5) is 0 Å². The van der Waals surface area contributed by atoms with E-state index in [-0.39, 0.29) is 29.0 Å². The fourth-order valence-corrected chi connectivity index (χ4v) is 7.46. The molecular weight excluding hydrogens is 447 g/mol. The van der Waals surface area contributed by atoms with Gasteiger partial charge in [0.2, 0.25) is 0 Å². The third kappa shape index (κ3) is 2.27. The van der Waals surface area contributed by atoms with Crippen LogP contribution in [0.15, 0.2) is 11.6 Å². The Balaban J connectivity index is 1.74. The van der Waals surface area contributed by atoms with Gasteiger partial charge in [-0.2, -0.15) is 0 Å². The van der Waals surface area contributed by atoms with E-state index in [2.05, 4.69) is 6.92 Å². The summed E-state index contributed by atoms with van der Waals surface area (Å²) in [6.45, 7) is 4.16. The summed E-state index contributed by atoms with van der Waals surface area (Å²) in [5, 5.41) is 22.4. The highest BCUT2D eigenvalue weighted by atomic mass is 127. The van der Waals surface area contributed by atoms with E-state index in [4.69, 9.17) is 3.07 Å². The summed E-state index contributed by atoms with van der Waals surface area (Å²) in [5.41, 5.74) is -1.15. The van der Waals surface area contributed by atoms with E-state index in [1.165, 1.54) is 5.57 Å². The number of halogens is 1. The van der Waals surface area contributed by atoms with Gasteiger partial charge in [0.25, 0.3) is 0 Å². The van der Waals surface area contributed by atoms with Crippen molar-refractivity contribution in [3.05, 3.63) is 11.6 Å². The van der Waals surface area contributed by atoms with Crippen molar-refractivity contribution < 1.29 is 22.9 Å². The van der Waals surface area contributed by atoms with Crippen molar-refractivity contribution in [2.24, 2.45) is 28.6 Å². The number of aliphatic hydroxyl groups is 2. The Morgan fingerprint density at radius 3 is 2.69 bits per heavy atom. The van der Waals surface area contributed by atoms with Crippen LogP contribution >= 0.6 is 23.0 Å².